The predicted octanol–water partition coefficient (Wildman–Crippen LogP) is 2.95. The van der Waals surface area contributed by atoms with E-state index in [-0.39, 0.29) is 25.0 Å². The number of nitrogens with one attached hydrogen (secondary N) is 1. The van der Waals surface area contributed by atoms with Crippen LogP contribution in [-0.2, 0) is 19.1 Å². The number of likely N-dealkylation sites (N-methyl/N-ethyl adjacent to an activating group) is 1. The number of anilines is 2. The van der Waals surface area contributed by atoms with Crippen LogP contribution in [0.2, 0.25) is 0 Å². The van der Waals surface area contributed by atoms with Gasteiger partial charge in [0, 0.05) is 32.1 Å². The molecule has 2 heterocycles. The summed E-state index contributed by atoms with van der Waals surface area (Å²) >= 11 is 4.56. The smallest absolute Gasteiger partial charge is 0.399 e. The zero-order valence-electron chi connectivity index (χ0n) is 17.9. The van der Waals surface area contributed by atoms with E-state index in [0.717, 1.165) is 15.0 Å². The highest BCUT2D eigenvalue weighted by atomic mass is 79.9. The molecule has 2 aromatic rings. The van der Waals surface area contributed by atoms with E-state index in [9.17, 15) is 14.4 Å². The topological polar surface area (TPSA) is 97.4 Å². The van der Waals surface area contributed by atoms with Crippen molar-refractivity contribution in [2.75, 3.05) is 50.3 Å². The molecule has 1 fully saturated rings. The summed E-state index contributed by atoms with van der Waals surface area (Å²) in [5.41, 5.74) is 2.24. The molecule has 0 bridgehead atoms. The molecule has 0 saturated carbocycles. The molecule has 3 amide bonds. The summed E-state index contributed by atoms with van der Waals surface area (Å²) < 4.78 is 16.4. The van der Waals surface area contributed by atoms with Gasteiger partial charge in [0.1, 0.15) is 12.6 Å². The Kier molecular flexibility index (Phi) is 8.24. The molecule has 1 aromatic carbocycles. The van der Waals surface area contributed by atoms with Crippen LogP contribution in [0.5, 0.6) is 5.06 Å². The van der Waals surface area contributed by atoms with E-state index in [2.05, 4.69) is 21.2 Å². The lowest BCUT2D eigenvalue weighted by molar-refractivity contribution is -0.125. The number of hydrogen-bond donors (Lipinski definition) is 1. The summed E-state index contributed by atoms with van der Waals surface area (Å²) in [6.45, 7) is 2.88. The van der Waals surface area contributed by atoms with Gasteiger partial charge < -0.3 is 29.3 Å². The largest absolute Gasteiger partial charge is 0.414 e. The third kappa shape index (κ3) is 5.85. The van der Waals surface area contributed by atoms with Gasteiger partial charge in [0.15, 0.2) is 5.06 Å². The van der Waals surface area contributed by atoms with E-state index < -0.39 is 12.1 Å². The Labute approximate surface area is 198 Å². The summed E-state index contributed by atoms with van der Waals surface area (Å²) in [5.74, 6) is -0.470. The zero-order chi connectivity index (χ0) is 23.3. The first-order valence-corrected chi connectivity index (χ1v) is 11.4. The molecule has 1 aliphatic heterocycles. The number of morpholine rings is 1. The highest BCUT2D eigenvalue weighted by Gasteiger charge is 2.27. The van der Waals surface area contributed by atoms with Crippen molar-refractivity contribution >= 4 is 56.5 Å². The zero-order valence-corrected chi connectivity index (χ0v) is 20.3. The fourth-order valence-electron chi connectivity index (χ4n) is 3.24. The number of methoxy groups -OCH3 is 1. The van der Waals surface area contributed by atoms with Crippen LogP contribution in [0, 0.1) is 6.92 Å². The summed E-state index contributed by atoms with van der Waals surface area (Å²) in [6, 6.07) is 7.85. The molecular weight excluding hydrogens is 502 g/mol. The number of ether oxygens (including phenoxy) is 3. The second kappa shape index (κ2) is 10.9. The van der Waals surface area contributed by atoms with Gasteiger partial charge in [-0.15, -0.1) is 0 Å². The maximum Gasteiger partial charge on any atom is 0.414 e. The molecule has 1 N–H and O–H groups in total. The van der Waals surface area contributed by atoms with Gasteiger partial charge in [0.2, 0.25) is 0 Å². The van der Waals surface area contributed by atoms with Gasteiger partial charge >= 0.3 is 6.09 Å². The van der Waals surface area contributed by atoms with Crippen LogP contribution in [0.4, 0.5) is 16.2 Å². The molecule has 9 nitrogen and oxygen atoms in total. The molecule has 0 aliphatic carbocycles. The van der Waals surface area contributed by atoms with Crippen LogP contribution in [-0.4, -0.2) is 64.5 Å². The molecule has 172 valence electrons. The Morgan fingerprint density at radius 3 is 2.75 bits per heavy atom. The van der Waals surface area contributed by atoms with Crippen molar-refractivity contribution < 1.29 is 28.6 Å². The Balaban J connectivity index is 1.70. The van der Waals surface area contributed by atoms with Crippen molar-refractivity contribution in [1.29, 1.82) is 0 Å². The first-order valence-electron chi connectivity index (χ1n) is 9.79. The average Bonchev–Trinajstić information content (AvgIpc) is 3.17. The number of halogens is 1. The quantitative estimate of drug-likeness (QED) is 0.596. The van der Waals surface area contributed by atoms with Gasteiger partial charge in [0.05, 0.1) is 17.0 Å². The number of nitrogens with zero attached hydrogens (tertiary/aromatic N) is 2. The molecule has 0 unspecified atom stereocenters. The first kappa shape index (κ1) is 24.2. The average molecular weight is 526 g/mol. The van der Waals surface area contributed by atoms with Gasteiger partial charge in [-0.3, -0.25) is 9.59 Å². The lowest BCUT2D eigenvalue weighted by Gasteiger charge is -2.29. The van der Waals surface area contributed by atoms with Crippen molar-refractivity contribution in [3.05, 3.63) is 39.7 Å². The maximum atomic E-state index is 13.1. The third-order valence-electron chi connectivity index (χ3n) is 4.84. The van der Waals surface area contributed by atoms with E-state index >= 15 is 0 Å². The number of rotatable bonds is 7. The van der Waals surface area contributed by atoms with Crippen LogP contribution in [0.3, 0.4) is 0 Å². The van der Waals surface area contributed by atoms with E-state index in [0.29, 0.717) is 23.9 Å². The molecule has 11 heteroatoms. The molecular formula is C21H24BrN3O6S. The summed E-state index contributed by atoms with van der Waals surface area (Å²) in [7, 11) is 3.06. The van der Waals surface area contributed by atoms with Gasteiger partial charge in [0.25, 0.3) is 11.8 Å². The lowest BCUT2D eigenvalue weighted by Crippen LogP contribution is -2.50. The molecule has 0 radical (unpaired) electrons. The van der Waals surface area contributed by atoms with Crippen LogP contribution in [0.15, 0.2) is 34.1 Å². The van der Waals surface area contributed by atoms with Crippen molar-refractivity contribution in [1.82, 2.24) is 5.32 Å². The highest BCUT2D eigenvalue weighted by molar-refractivity contribution is 9.11. The Bertz CT molecular complexity index is 998. The monoisotopic (exact) mass is 525 g/mol. The number of hydrogen-bond acceptors (Lipinski definition) is 7. The number of carbonyl (C=O) groups is 3. The second-order valence-corrected chi connectivity index (χ2v) is 9.49. The van der Waals surface area contributed by atoms with E-state index in [1.165, 1.54) is 23.3 Å². The Morgan fingerprint density at radius 1 is 1.34 bits per heavy atom. The minimum atomic E-state index is -0.943. The van der Waals surface area contributed by atoms with Crippen molar-refractivity contribution in [3.63, 3.8) is 0 Å². The van der Waals surface area contributed by atoms with E-state index in [1.807, 2.05) is 13.0 Å². The van der Waals surface area contributed by atoms with Crippen LogP contribution >= 0.6 is 27.3 Å². The van der Waals surface area contributed by atoms with E-state index in [1.54, 1.807) is 36.2 Å². The Hall–Kier alpha value is -2.47. The van der Waals surface area contributed by atoms with Crippen LogP contribution < -0.4 is 19.9 Å². The number of benzene rings is 1. The highest BCUT2D eigenvalue weighted by Crippen LogP contribution is 2.29. The van der Waals surface area contributed by atoms with Crippen LogP contribution in [0.25, 0.3) is 0 Å². The third-order valence-corrected chi connectivity index (χ3v) is 6.34. The second-order valence-electron chi connectivity index (χ2n) is 7.07. The number of amides is 3. The summed E-state index contributed by atoms with van der Waals surface area (Å²) in [6.07, 6.45) is -0.750. The molecule has 32 heavy (non-hydrogen) atoms. The number of thiophene rings is 1. The van der Waals surface area contributed by atoms with Crippen molar-refractivity contribution in [3.8, 4) is 5.06 Å². The number of carbonyl (C=O) groups excluding carboxylic acids is 3. The molecule has 1 saturated heterocycles. The number of aryl methyl sites for hydroxylation is 1. The van der Waals surface area contributed by atoms with Gasteiger partial charge in [-0.05, 0) is 58.7 Å². The van der Waals surface area contributed by atoms with Crippen molar-refractivity contribution in [2.24, 2.45) is 0 Å². The van der Waals surface area contributed by atoms with Gasteiger partial charge in [-0.25, -0.2) is 4.79 Å². The molecule has 1 aliphatic rings. The summed E-state index contributed by atoms with van der Waals surface area (Å²) in [5, 5.41) is 2.96. The fourth-order valence-corrected chi connectivity index (χ4v) is 4.43. The normalized spacial score (nSPS) is 14.8. The Morgan fingerprint density at radius 2 is 2.12 bits per heavy atom. The fraction of sp³-hybridized carbons (Fsp3) is 0.381. The molecule has 3 rings (SSSR count). The molecule has 1 atom stereocenters. The minimum Gasteiger partial charge on any atom is -0.399 e. The summed E-state index contributed by atoms with van der Waals surface area (Å²) in [4.78, 5) is 40.6. The van der Waals surface area contributed by atoms with Gasteiger partial charge in [-0.1, -0.05) is 11.3 Å². The van der Waals surface area contributed by atoms with Gasteiger partial charge in [-0.2, -0.15) is 0 Å². The lowest BCUT2D eigenvalue weighted by atomic mass is 10.1. The van der Waals surface area contributed by atoms with Crippen molar-refractivity contribution in [2.45, 2.75) is 13.0 Å². The van der Waals surface area contributed by atoms with Crippen LogP contribution in [0.1, 0.15) is 5.56 Å². The van der Waals surface area contributed by atoms with E-state index in [4.69, 9.17) is 14.2 Å². The first-order chi connectivity index (χ1) is 15.3. The SMILES string of the molecule is COC[C@@H](NC(=O)Oc1ccc(Br)s1)C(=O)N(C)c1ccc(N2CCOCC2=O)c(C)c1. The molecule has 0 spiro atoms. The maximum absolute atomic E-state index is 13.1. The minimum absolute atomic E-state index is 0.0221. The predicted molar refractivity (Wildman–Crippen MR) is 125 cm³/mol. The molecule has 1 aromatic heterocycles. The standard InChI is InChI=1S/C21H24BrN3O6S/c1-13-10-14(4-5-16(13)25-8-9-30-12-18(25)26)24(2)20(27)15(11-29-3)23-21(28)31-19-7-6-17(22)32-19/h4-7,10,15H,8-9,11-12H2,1-3H3,(H,23,28)/t15-/m1/s1.